The number of carbonyl (C=O) groups excluding carboxylic acids is 1. The molecule has 2 aromatic rings. The maximum Gasteiger partial charge on any atom is 0.317 e. The van der Waals surface area contributed by atoms with Crippen LogP contribution < -0.4 is 5.32 Å². The van der Waals surface area contributed by atoms with Gasteiger partial charge >= 0.3 is 11.9 Å². The number of pyridine rings is 1. The number of azide groups is 1. The molecular weight excluding hydrogens is 566 g/mol. The Morgan fingerprint density at radius 2 is 1.36 bits per heavy atom. The van der Waals surface area contributed by atoms with Crippen molar-refractivity contribution in [1.82, 2.24) is 29.9 Å². The van der Waals surface area contributed by atoms with E-state index >= 15 is 0 Å². The molecule has 0 bridgehead atoms. The Labute approximate surface area is 256 Å². The van der Waals surface area contributed by atoms with Gasteiger partial charge in [0.05, 0.1) is 38.4 Å². The van der Waals surface area contributed by atoms with E-state index in [1.807, 2.05) is 57.2 Å². The third kappa shape index (κ3) is 12.4. The molecule has 0 spiro atoms. The first-order valence-corrected chi connectivity index (χ1v) is 14.3. The van der Waals surface area contributed by atoms with Crippen LogP contribution in [0.3, 0.4) is 0 Å². The van der Waals surface area contributed by atoms with E-state index in [2.05, 4.69) is 26.2 Å². The summed E-state index contributed by atoms with van der Waals surface area (Å²) >= 11 is 0. The van der Waals surface area contributed by atoms with Crippen LogP contribution in [0.2, 0.25) is 0 Å². The smallest absolute Gasteiger partial charge is 0.317 e. The molecule has 0 radical (unpaired) electrons. The molecule has 234 valence electrons. The summed E-state index contributed by atoms with van der Waals surface area (Å²) in [5, 5.41) is 25.5. The van der Waals surface area contributed by atoms with Crippen LogP contribution in [-0.4, -0.2) is 131 Å². The lowest BCUT2D eigenvalue weighted by molar-refractivity contribution is -0.139. The predicted molar refractivity (Wildman–Crippen MR) is 164 cm³/mol. The highest BCUT2D eigenvalue weighted by atomic mass is 16.4. The third-order valence-corrected chi connectivity index (χ3v) is 7.12. The largest absolute Gasteiger partial charge is 0.480 e. The number of benzene rings is 1. The molecule has 3 N–H and O–H groups in total. The first kappa shape index (κ1) is 34.0. The molecule has 0 unspecified atom stereocenters. The van der Waals surface area contributed by atoms with Crippen LogP contribution in [0, 0.1) is 12.3 Å². The van der Waals surface area contributed by atoms with E-state index in [4.69, 9.17) is 16.9 Å². The summed E-state index contributed by atoms with van der Waals surface area (Å²) in [4.78, 5) is 51.0. The maximum absolute atomic E-state index is 12.4. The van der Waals surface area contributed by atoms with Crippen molar-refractivity contribution >= 4 is 17.8 Å². The van der Waals surface area contributed by atoms with Crippen LogP contribution in [0.4, 0.5) is 0 Å². The van der Waals surface area contributed by atoms with Crippen molar-refractivity contribution in [3.05, 3.63) is 64.3 Å². The van der Waals surface area contributed by atoms with E-state index in [9.17, 15) is 24.6 Å². The van der Waals surface area contributed by atoms with E-state index in [0.717, 1.165) is 16.8 Å². The Balaban J connectivity index is 1.85. The van der Waals surface area contributed by atoms with E-state index < -0.39 is 11.9 Å². The van der Waals surface area contributed by atoms with Gasteiger partial charge in [0.25, 0.3) is 0 Å². The summed E-state index contributed by atoms with van der Waals surface area (Å²) in [7, 11) is 0. The zero-order chi connectivity index (χ0) is 31.7. The van der Waals surface area contributed by atoms with Crippen molar-refractivity contribution in [2.24, 2.45) is 5.11 Å². The molecule has 2 heterocycles. The van der Waals surface area contributed by atoms with Gasteiger partial charge in [-0.2, -0.15) is 0 Å². The molecule has 1 saturated heterocycles. The van der Waals surface area contributed by atoms with Gasteiger partial charge in [-0.05, 0) is 28.8 Å². The van der Waals surface area contributed by atoms with Crippen LogP contribution in [0.15, 0.2) is 47.6 Å². The van der Waals surface area contributed by atoms with Gasteiger partial charge in [-0.1, -0.05) is 41.4 Å². The fraction of sp³-hybridized carbons (Fsp3) is 0.467. The summed E-state index contributed by atoms with van der Waals surface area (Å²) in [5.41, 5.74) is 12.2. The second-order valence-electron chi connectivity index (χ2n) is 10.5. The molecule has 0 aliphatic carbocycles. The number of aliphatic carboxylic acids is 2. The molecule has 1 fully saturated rings. The van der Waals surface area contributed by atoms with Crippen molar-refractivity contribution in [1.29, 1.82) is 0 Å². The van der Waals surface area contributed by atoms with Crippen LogP contribution in [0.25, 0.3) is 21.6 Å². The zero-order valence-electron chi connectivity index (χ0n) is 24.7. The molecule has 1 aliphatic heterocycles. The second-order valence-corrected chi connectivity index (χ2v) is 10.5. The highest BCUT2D eigenvalue weighted by Gasteiger charge is 2.21. The topological polar surface area (TPSA) is 178 Å². The van der Waals surface area contributed by atoms with E-state index in [0.29, 0.717) is 64.6 Å². The highest BCUT2D eigenvalue weighted by molar-refractivity contribution is 5.78. The Hall–Kier alpha value is -4.51. The summed E-state index contributed by atoms with van der Waals surface area (Å²) in [6.07, 6.45) is 5.25. The second kappa shape index (κ2) is 18.2. The quantitative estimate of drug-likeness (QED) is 0.138. The number of hydrogen-bond acceptors (Lipinski definition) is 9. The number of rotatable bonds is 12. The van der Waals surface area contributed by atoms with E-state index in [-0.39, 0.29) is 38.6 Å². The van der Waals surface area contributed by atoms with Crippen molar-refractivity contribution in [2.75, 3.05) is 78.5 Å². The molecule has 44 heavy (non-hydrogen) atoms. The normalized spacial score (nSPS) is 16.1. The molecule has 1 aliphatic rings. The molecule has 1 amide bonds. The van der Waals surface area contributed by atoms with Crippen LogP contribution >= 0.6 is 0 Å². The van der Waals surface area contributed by atoms with Gasteiger partial charge in [-0.25, -0.2) is 0 Å². The Morgan fingerprint density at radius 3 is 1.89 bits per heavy atom. The fourth-order valence-corrected chi connectivity index (χ4v) is 4.94. The molecule has 14 heteroatoms. The lowest BCUT2D eigenvalue weighted by atomic mass is 10.0. The Bertz CT molecular complexity index is 1310. The summed E-state index contributed by atoms with van der Waals surface area (Å²) in [6.45, 7) is 3.89. The van der Waals surface area contributed by atoms with Crippen molar-refractivity contribution in [3.8, 4) is 23.5 Å². The lowest BCUT2D eigenvalue weighted by Crippen LogP contribution is -2.49. The molecule has 1 aromatic carbocycles. The number of amides is 1. The SMILES string of the molecule is C#CCNC(=O)CN1CCN(CC(=O)O)CCN(Cc2cc(-c3ccccc3)cc(CN=[N+]=[N-])n2)CCN(CC(=O)O)CC1. The maximum atomic E-state index is 12.4. The number of hydrogen-bond donors (Lipinski definition) is 3. The van der Waals surface area contributed by atoms with Gasteiger partial charge in [-0.15, -0.1) is 6.42 Å². The van der Waals surface area contributed by atoms with E-state index in [1.165, 1.54) is 0 Å². The van der Waals surface area contributed by atoms with Crippen molar-refractivity contribution < 1.29 is 24.6 Å². The first-order valence-electron chi connectivity index (χ1n) is 14.3. The lowest BCUT2D eigenvalue weighted by Gasteiger charge is -2.33. The van der Waals surface area contributed by atoms with Crippen molar-refractivity contribution in [2.45, 2.75) is 13.1 Å². The number of carboxylic acid groups (broad SMARTS) is 2. The third-order valence-electron chi connectivity index (χ3n) is 7.12. The minimum atomic E-state index is -0.950. The average Bonchev–Trinajstić information content (AvgIpc) is 3.00. The summed E-state index contributed by atoms with van der Waals surface area (Å²) in [6, 6.07) is 13.7. The van der Waals surface area contributed by atoms with Crippen LogP contribution in [0.1, 0.15) is 11.4 Å². The summed E-state index contributed by atoms with van der Waals surface area (Å²) in [5.74, 6) is 0.220. The number of aromatic nitrogens is 1. The minimum absolute atomic E-state index is 0.0667. The number of carboxylic acids is 2. The first-order chi connectivity index (χ1) is 21.2. The van der Waals surface area contributed by atoms with Crippen molar-refractivity contribution in [3.63, 3.8) is 0 Å². The minimum Gasteiger partial charge on any atom is -0.480 e. The highest BCUT2D eigenvalue weighted by Crippen LogP contribution is 2.22. The Morgan fingerprint density at radius 1 is 0.841 bits per heavy atom. The molecule has 0 atom stereocenters. The molecular formula is C30H39N9O5. The van der Waals surface area contributed by atoms with Gasteiger partial charge in [0.2, 0.25) is 5.91 Å². The number of terminal acetylenes is 1. The molecule has 1 aromatic heterocycles. The standard InChI is InChI=1S/C30H39N9O5/c1-2-8-32-28(40)21-37-11-15-38(22-29(41)42)13-9-36(10-14-39(16-12-37)23-30(43)44)20-27-18-25(24-6-4-3-5-7-24)17-26(34-27)19-33-35-31/h1,3-7,17-18H,8-16,19-23H2,(H,32,40)(H,41,42)(H,43,44). The van der Waals surface area contributed by atoms with Gasteiger partial charge < -0.3 is 15.5 Å². The monoisotopic (exact) mass is 605 g/mol. The number of nitrogens with one attached hydrogen (secondary N) is 1. The van der Waals surface area contributed by atoms with Gasteiger partial charge in [0, 0.05) is 69.5 Å². The van der Waals surface area contributed by atoms with E-state index in [1.54, 1.807) is 0 Å². The fourth-order valence-electron chi connectivity index (χ4n) is 4.94. The molecule has 3 rings (SSSR count). The summed E-state index contributed by atoms with van der Waals surface area (Å²) < 4.78 is 0. The predicted octanol–water partition coefficient (Wildman–Crippen LogP) is 1.20. The number of nitrogens with zero attached hydrogens (tertiary/aromatic N) is 8. The van der Waals surface area contributed by atoms with Crippen LogP contribution in [-0.2, 0) is 27.5 Å². The van der Waals surface area contributed by atoms with Gasteiger partial charge in [0.1, 0.15) is 0 Å². The molecule has 0 saturated carbocycles. The molecule has 14 nitrogen and oxygen atoms in total. The Kier molecular flexibility index (Phi) is 14.1. The van der Waals surface area contributed by atoms with Gasteiger partial charge in [0.15, 0.2) is 0 Å². The van der Waals surface area contributed by atoms with Crippen LogP contribution in [0.5, 0.6) is 0 Å². The van der Waals surface area contributed by atoms with Gasteiger partial charge in [-0.3, -0.25) is 39.0 Å². The number of carbonyl (C=O) groups is 3. The average molecular weight is 606 g/mol. The zero-order valence-corrected chi connectivity index (χ0v) is 24.7.